The van der Waals surface area contributed by atoms with Gasteiger partial charge in [0, 0.05) is 18.3 Å². The summed E-state index contributed by atoms with van der Waals surface area (Å²) >= 11 is 0. The van der Waals surface area contributed by atoms with E-state index in [-0.39, 0.29) is 6.54 Å². The van der Waals surface area contributed by atoms with Crippen molar-refractivity contribution in [3.8, 4) is 0 Å². The molecule has 1 heterocycles. The van der Waals surface area contributed by atoms with Crippen LogP contribution in [-0.4, -0.2) is 28.0 Å². The van der Waals surface area contributed by atoms with E-state index in [0.717, 1.165) is 0 Å². The van der Waals surface area contributed by atoms with Crippen LogP contribution in [0.25, 0.3) is 0 Å². The summed E-state index contributed by atoms with van der Waals surface area (Å²) in [5.74, 6) is -1.48. The Labute approximate surface area is 98.8 Å². The molecule has 0 spiro atoms. The van der Waals surface area contributed by atoms with E-state index in [0.29, 0.717) is 17.7 Å². The summed E-state index contributed by atoms with van der Waals surface area (Å²) in [7, 11) is 0. The molecule has 0 saturated heterocycles. The molecule has 1 aromatic heterocycles. The highest BCUT2D eigenvalue weighted by atomic mass is 16.4. The van der Waals surface area contributed by atoms with Crippen molar-refractivity contribution in [2.75, 3.05) is 0 Å². The number of hydrogen-bond acceptors (Lipinski definition) is 4. The minimum atomic E-state index is -1.05. The van der Waals surface area contributed by atoms with E-state index in [4.69, 9.17) is 10.8 Å². The van der Waals surface area contributed by atoms with Crippen molar-refractivity contribution in [2.45, 2.75) is 25.9 Å². The smallest absolute Gasteiger partial charge is 0.326 e. The summed E-state index contributed by atoms with van der Waals surface area (Å²) in [4.78, 5) is 26.5. The number of carbonyl (C=O) groups excluding carboxylic acids is 1. The lowest BCUT2D eigenvalue weighted by molar-refractivity contribution is -0.139. The number of rotatable bonds is 5. The van der Waals surface area contributed by atoms with Gasteiger partial charge in [0.2, 0.25) is 0 Å². The van der Waals surface area contributed by atoms with Gasteiger partial charge in [-0.05, 0) is 18.6 Å². The number of nitrogens with two attached hydrogens (primary N) is 1. The van der Waals surface area contributed by atoms with E-state index in [1.54, 1.807) is 13.0 Å². The van der Waals surface area contributed by atoms with Gasteiger partial charge >= 0.3 is 5.97 Å². The molecular weight excluding hydrogens is 222 g/mol. The number of nitrogens with zero attached hydrogens (tertiary/aromatic N) is 1. The average Bonchev–Trinajstić information content (AvgIpc) is 2.35. The number of hydrogen-bond donors (Lipinski definition) is 3. The molecule has 1 amide bonds. The summed E-state index contributed by atoms with van der Waals surface area (Å²) in [5.41, 5.74) is 6.35. The van der Waals surface area contributed by atoms with Crippen LogP contribution < -0.4 is 11.1 Å². The topological polar surface area (TPSA) is 105 Å². The van der Waals surface area contributed by atoms with Crippen LogP contribution in [0.3, 0.4) is 0 Å². The first-order valence-corrected chi connectivity index (χ1v) is 5.27. The summed E-state index contributed by atoms with van der Waals surface area (Å²) in [6, 6.07) is 2.18. The Kier molecular flexibility index (Phi) is 4.59. The second-order valence-corrected chi connectivity index (χ2v) is 3.51. The van der Waals surface area contributed by atoms with Crippen molar-refractivity contribution in [3.63, 3.8) is 0 Å². The van der Waals surface area contributed by atoms with Crippen molar-refractivity contribution >= 4 is 11.9 Å². The van der Waals surface area contributed by atoms with E-state index in [9.17, 15) is 9.59 Å². The van der Waals surface area contributed by atoms with Gasteiger partial charge in [0.15, 0.2) is 0 Å². The van der Waals surface area contributed by atoms with Gasteiger partial charge in [0.25, 0.3) is 5.91 Å². The molecular formula is C11H15N3O3. The second-order valence-electron chi connectivity index (χ2n) is 3.51. The molecule has 1 aromatic rings. The van der Waals surface area contributed by atoms with Gasteiger partial charge in [0.05, 0.1) is 5.69 Å². The number of carboxylic acid groups (broad SMARTS) is 1. The highest BCUT2D eigenvalue weighted by molar-refractivity contribution is 5.96. The number of carboxylic acids is 1. The fourth-order valence-electron chi connectivity index (χ4n) is 1.31. The molecule has 17 heavy (non-hydrogen) atoms. The lowest BCUT2D eigenvalue weighted by Crippen LogP contribution is -2.40. The molecule has 4 N–H and O–H groups in total. The van der Waals surface area contributed by atoms with Gasteiger partial charge in [0.1, 0.15) is 6.04 Å². The third-order valence-electron chi connectivity index (χ3n) is 2.30. The van der Waals surface area contributed by atoms with Crippen LogP contribution in [0.1, 0.15) is 29.4 Å². The molecule has 1 atom stereocenters. The van der Waals surface area contributed by atoms with Crippen molar-refractivity contribution in [1.29, 1.82) is 0 Å². The van der Waals surface area contributed by atoms with E-state index in [1.807, 2.05) is 0 Å². The van der Waals surface area contributed by atoms with E-state index in [2.05, 4.69) is 10.3 Å². The van der Waals surface area contributed by atoms with E-state index < -0.39 is 17.9 Å². The van der Waals surface area contributed by atoms with Gasteiger partial charge in [-0.1, -0.05) is 6.92 Å². The number of aromatic nitrogens is 1. The number of aliphatic carboxylic acids is 1. The maximum atomic E-state index is 11.7. The Balaban J connectivity index is 2.78. The Bertz CT molecular complexity index is 420. The fraction of sp³-hybridized carbons (Fsp3) is 0.364. The Morgan fingerprint density at radius 2 is 2.29 bits per heavy atom. The van der Waals surface area contributed by atoms with Crippen LogP contribution in [0, 0.1) is 0 Å². The first-order valence-electron chi connectivity index (χ1n) is 5.27. The maximum Gasteiger partial charge on any atom is 0.326 e. The zero-order chi connectivity index (χ0) is 12.8. The Morgan fingerprint density at radius 1 is 1.59 bits per heavy atom. The molecule has 0 radical (unpaired) electrons. The minimum absolute atomic E-state index is 0.233. The molecule has 92 valence electrons. The second kappa shape index (κ2) is 5.95. The number of pyridine rings is 1. The standard InChI is InChI=1S/C11H15N3O3/c1-2-9(11(16)17)14-10(15)7-3-4-13-8(5-7)6-12/h3-5,9H,2,6,12H2,1H3,(H,14,15)(H,16,17). The van der Waals surface area contributed by atoms with Gasteiger partial charge in [-0.15, -0.1) is 0 Å². The molecule has 0 aromatic carbocycles. The van der Waals surface area contributed by atoms with E-state index in [1.165, 1.54) is 12.3 Å². The van der Waals surface area contributed by atoms with Gasteiger partial charge in [-0.25, -0.2) is 4.79 Å². The largest absolute Gasteiger partial charge is 0.480 e. The van der Waals surface area contributed by atoms with Crippen molar-refractivity contribution in [2.24, 2.45) is 5.73 Å². The summed E-state index contributed by atoms with van der Waals surface area (Å²) in [5, 5.41) is 11.2. The van der Waals surface area contributed by atoms with E-state index >= 15 is 0 Å². The summed E-state index contributed by atoms with van der Waals surface area (Å²) < 4.78 is 0. The molecule has 1 rings (SSSR count). The van der Waals surface area contributed by atoms with Crippen molar-refractivity contribution in [1.82, 2.24) is 10.3 Å². The van der Waals surface area contributed by atoms with Crippen molar-refractivity contribution < 1.29 is 14.7 Å². The Morgan fingerprint density at radius 3 is 2.82 bits per heavy atom. The van der Waals surface area contributed by atoms with Gasteiger partial charge in [-0.3, -0.25) is 9.78 Å². The third-order valence-corrected chi connectivity index (χ3v) is 2.30. The average molecular weight is 237 g/mol. The van der Waals surface area contributed by atoms with Gasteiger partial charge < -0.3 is 16.2 Å². The van der Waals surface area contributed by atoms with Crippen LogP contribution in [0.4, 0.5) is 0 Å². The fourth-order valence-corrected chi connectivity index (χ4v) is 1.31. The lowest BCUT2D eigenvalue weighted by atomic mass is 10.1. The van der Waals surface area contributed by atoms with Crippen LogP contribution in [0.5, 0.6) is 0 Å². The highest BCUT2D eigenvalue weighted by Gasteiger charge is 2.18. The zero-order valence-corrected chi connectivity index (χ0v) is 9.51. The predicted octanol–water partition coefficient (Wildman–Crippen LogP) is 0.133. The number of carbonyl (C=O) groups is 2. The van der Waals surface area contributed by atoms with Crippen LogP contribution in [0.15, 0.2) is 18.3 Å². The lowest BCUT2D eigenvalue weighted by Gasteiger charge is -2.12. The normalized spacial score (nSPS) is 11.9. The minimum Gasteiger partial charge on any atom is -0.480 e. The quantitative estimate of drug-likeness (QED) is 0.675. The molecule has 0 saturated carbocycles. The molecule has 1 unspecified atom stereocenters. The molecule has 6 nitrogen and oxygen atoms in total. The third kappa shape index (κ3) is 3.53. The monoisotopic (exact) mass is 237 g/mol. The Hall–Kier alpha value is -1.95. The first kappa shape index (κ1) is 13.1. The summed E-state index contributed by atoms with van der Waals surface area (Å²) in [6.07, 6.45) is 1.80. The molecule has 0 aliphatic carbocycles. The SMILES string of the molecule is CCC(NC(=O)c1ccnc(CN)c1)C(=O)O. The number of amides is 1. The predicted molar refractivity (Wildman–Crippen MR) is 61.3 cm³/mol. The van der Waals surface area contributed by atoms with Crippen molar-refractivity contribution in [3.05, 3.63) is 29.6 Å². The zero-order valence-electron chi connectivity index (χ0n) is 9.51. The summed E-state index contributed by atoms with van der Waals surface area (Å²) in [6.45, 7) is 1.92. The maximum absolute atomic E-state index is 11.7. The highest BCUT2D eigenvalue weighted by Crippen LogP contribution is 2.02. The molecule has 0 bridgehead atoms. The number of nitrogens with one attached hydrogen (secondary N) is 1. The van der Waals surface area contributed by atoms with Crippen LogP contribution in [-0.2, 0) is 11.3 Å². The molecule has 0 aliphatic rings. The van der Waals surface area contributed by atoms with Gasteiger partial charge in [-0.2, -0.15) is 0 Å². The molecule has 6 heteroatoms. The molecule has 0 aliphatic heterocycles. The molecule has 0 fully saturated rings. The first-order chi connectivity index (χ1) is 8.08. The van der Waals surface area contributed by atoms with Crippen LogP contribution >= 0.6 is 0 Å². The van der Waals surface area contributed by atoms with Crippen LogP contribution in [0.2, 0.25) is 0 Å².